The molecule has 0 aliphatic heterocycles. The second kappa shape index (κ2) is 8.05. The molecule has 102 valence electrons. The zero-order chi connectivity index (χ0) is 13.4. The molecule has 1 rings (SSSR count). The van der Waals surface area contributed by atoms with Crippen LogP contribution in [0.4, 0.5) is 0 Å². The number of thiocarbonyl (C=S) groups is 1. The summed E-state index contributed by atoms with van der Waals surface area (Å²) in [6, 6.07) is 0. The second-order valence-electron chi connectivity index (χ2n) is 4.09. The van der Waals surface area contributed by atoms with Crippen molar-refractivity contribution >= 4 is 17.3 Å². The summed E-state index contributed by atoms with van der Waals surface area (Å²) in [4.78, 5) is 6.26. The first-order chi connectivity index (χ1) is 8.65. The van der Waals surface area contributed by atoms with Crippen LogP contribution >= 0.6 is 12.2 Å². The fourth-order valence-electron chi connectivity index (χ4n) is 1.48. The molecule has 1 N–H and O–H groups in total. The van der Waals surface area contributed by atoms with E-state index in [9.17, 15) is 0 Å². The number of aryl methyl sites for hydroxylation is 1. The molecule has 0 spiro atoms. The average Bonchev–Trinajstić information content (AvgIpc) is 2.74. The highest BCUT2D eigenvalue weighted by Gasteiger charge is 2.07. The van der Waals surface area contributed by atoms with Crippen molar-refractivity contribution in [1.29, 1.82) is 0 Å². The summed E-state index contributed by atoms with van der Waals surface area (Å²) >= 11 is 5.31. The quantitative estimate of drug-likeness (QED) is 0.595. The third-order valence-corrected chi connectivity index (χ3v) is 3.05. The first-order valence-corrected chi connectivity index (χ1v) is 6.59. The fourth-order valence-corrected chi connectivity index (χ4v) is 1.65. The first-order valence-electron chi connectivity index (χ1n) is 6.18. The van der Waals surface area contributed by atoms with Crippen LogP contribution in [0.25, 0.3) is 0 Å². The van der Waals surface area contributed by atoms with Gasteiger partial charge in [-0.05, 0) is 25.6 Å². The van der Waals surface area contributed by atoms with Gasteiger partial charge in [0.1, 0.15) is 5.82 Å². The number of rotatable bonds is 7. The summed E-state index contributed by atoms with van der Waals surface area (Å²) in [5.41, 5.74) is 0. The third-order valence-electron chi connectivity index (χ3n) is 2.59. The topological polar surface area (TPSA) is 42.3 Å². The fraction of sp³-hybridized carbons (Fsp3) is 0.667. The van der Waals surface area contributed by atoms with E-state index in [1.807, 2.05) is 36.7 Å². The molecule has 1 aromatic rings. The predicted octanol–water partition coefficient (Wildman–Crippen LogP) is 1.15. The minimum absolute atomic E-state index is 0.709. The monoisotopic (exact) mass is 270 g/mol. The zero-order valence-corrected chi connectivity index (χ0v) is 12.2. The van der Waals surface area contributed by atoms with Crippen molar-refractivity contribution in [2.24, 2.45) is 7.05 Å². The maximum Gasteiger partial charge on any atom is 0.169 e. The highest BCUT2D eigenvalue weighted by molar-refractivity contribution is 7.80. The molecule has 0 aliphatic carbocycles. The van der Waals surface area contributed by atoms with Crippen molar-refractivity contribution in [3.05, 3.63) is 18.2 Å². The normalized spacial score (nSPS) is 10.4. The lowest BCUT2D eigenvalue weighted by molar-refractivity contribution is 0.145. The van der Waals surface area contributed by atoms with Crippen molar-refractivity contribution in [2.45, 2.75) is 19.9 Å². The van der Waals surface area contributed by atoms with Gasteiger partial charge in [0.05, 0.1) is 6.54 Å². The van der Waals surface area contributed by atoms with Gasteiger partial charge in [0.2, 0.25) is 0 Å². The number of hydrogen-bond donors (Lipinski definition) is 1. The van der Waals surface area contributed by atoms with E-state index in [1.165, 1.54) is 0 Å². The highest BCUT2D eigenvalue weighted by atomic mass is 32.1. The van der Waals surface area contributed by atoms with E-state index in [2.05, 4.69) is 10.3 Å². The van der Waals surface area contributed by atoms with Crippen molar-refractivity contribution in [3.8, 4) is 0 Å². The molecule has 0 saturated carbocycles. The predicted molar refractivity (Wildman–Crippen MR) is 76.4 cm³/mol. The maximum atomic E-state index is 5.31. The van der Waals surface area contributed by atoms with E-state index in [0.29, 0.717) is 6.54 Å². The molecule has 0 fully saturated rings. The average molecular weight is 270 g/mol. The number of aromatic nitrogens is 2. The van der Waals surface area contributed by atoms with Crippen LogP contribution < -0.4 is 5.32 Å². The molecule has 0 bridgehead atoms. The molecule has 0 aliphatic rings. The molecule has 6 heteroatoms. The number of nitrogens with zero attached hydrogens (tertiary/aromatic N) is 3. The Morgan fingerprint density at radius 3 is 3.00 bits per heavy atom. The number of hydrogen-bond acceptors (Lipinski definition) is 3. The summed E-state index contributed by atoms with van der Waals surface area (Å²) < 4.78 is 7.26. The van der Waals surface area contributed by atoms with Crippen molar-refractivity contribution < 1.29 is 4.74 Å². The largest absolute Gasteiger partial charge is 0.382 e. The van der Waals surface area contributed by atoms with Crippen LogP contribution in [-0.2, 0) is 18.3 Å². The number of ether oxygens (including phenoxy) is 1. The summed E-state index contributed by atoms with van der Waals surface area (Å²) in [6.07, 6.45) is 4.69. The second-order valence-corrected chi connectivity index (χ2v) is 4.48. The van der Waals surface area contributed by atoms with E-state index in [-0.39, 0.29) is 0 Å². The Hall–Kier alpha value is -1.14. The Kier molecular flexibility index (Phi) is 6.67. The molecular formula is C12H22N4OS. The standard InChI is InChI=1S/C12H22N4OS/c1-4-17-9-5-6-14-12(18)16(3)10-11-13-7-8-15(11)2/h7-8H,4-6,9-10H2,1-3H3,(H,14,18). The Morgan fingerprint density at radius 1 is 1.61 bits per heavy atom. The Labute approximate surface area is 114 Å². The molecule has 0 atom stereocenters. The van der Waals surface area contributed by atoms with E-state index >= 15 is 0 Å². The lowest BCUT2D eigenvalue weighted by atomic mass is 10.4. The third kappa shape index (κ3) is 5.01. The molecule has 1 aromatic heterocycles. The minimum atomic E-state index is 0.709. The number of imidazole rings is 1. The molecule has 0 amide bonds. The molecule has 5 nitrogen and oxygen atoms in total. The van der Waals surface area contributed by atoms with Crippen LogP contribution in [0.1, 0.15) is 19.2 Å². The van der Waals surface area contributed by atoms with E-state index in [0.717, 1.165) is 37.1 Å². The van der Waals surface area contributed by atoms with Crippen LogP contribution in [0.15, 0.2) is 12.4 Å². The SMILES string of the molecule is CCOCCCNC(=S)N(C)Cc1nccn1C. The summed E-state index contributed by atoms with van der Waals surface area (Å²) in [6.45, 7) is 5.09. The van der Waals surface area contributed by atoms with E-state index in [1.54, 1.807) is 6.20 Å². The molecule has 0 radical (unpaired) electrons. The Balaban J connectivity index is 2.23. The first kappa shape index (κ1) is 14.9. The van der Waals surface area contributed by atoms with Gasteiger partial charge >= 0.3 is 0 Å². The Morgan fingerprint density at radius 2 is 2.39 bits per heavy atom. The van der Waals surface area contributed by atoms with Gasteiger partial charge in [-0.1, -0.05) is 0 Å². The van der Waals surface area contributed by atoms with Crippen LogP contribution in [-0.4, -0.2) is 46.4 Å². The van der Waals surface area contributed by atoms with E-state index in [4.69, 9.17) is 17.0 Å². The van der Waals surface area contributed by atoms with Crippen LogP contribution in [0.3, 0.4) is 0 Å². The molecule has 0 saturated heterocycles. The van der Waals surface area contributed by atoms with Gasteiger partial charge in [-0.3, -0.25) is 0 Å². The van der Waals surface area contributed by atoms with Gasteiger partial charge < -0.3 is 19.5 Å². The molecule has 18 heavy (non-hydrogen) atoms. The van der Waals surface area contributed by atoms with Gasteiger partial charge in [0.15, 0.2) is 5.11 Å². The van der Waals surface area contributed by atoms with Gasteiger partial charge in [-0.2, -0.15) is 0 Å². The maximum absolute atomic E-state index is 5.31. The molecule has 0 aromatic carbocycles. The summed E-state index contributed by atoms with van der Waals surface area (Å²) in [7, 11) is 3.95. The van der Waals surface area contributed by atoms with Crippen molar-refractivity contribution in [3.63, 3.8) is 0 Å². The molecule has 0 unspecified atom stereocenters. The summed E-state index contributed by atoms with van der Waals surface area (Å²) in [5.74, 6) is 0.996. The van der Waals surface area contributed by atoms with Gasteiger partial charge in [-0.15, -0.1) is 0 Å². The summed E-state index contributed by atoms with van der Waals surface area (Å²) in [5, 5.41) is 3.96. The molecular weight excluding hydrogens is 248 g/mol. The highest BCUT2D eigenvalue weighted by Crippen LogP contribution is 1.99. The van der Waals surface area contributed by atoms with Gasteiger partial charge in [0.25, 0.3) is 0 Å². The smallest absolute Gasteiger partial charge is 0.169 e. The van der Waals surface area contributed by atoms with Gasteiger partial charge in [-0.25, -0.2) is 4.98 Å². The number of nitrogens with one attached hydrogen (secondary N) is 1. The lowest BCUT2D eigenvalue weighted by Crippen LogP contribution is -2.37. The Bertz CT molecular complexity index is 367. The van der Waals surface area contributed by atoms with Crippen LogP contribution in [0.2, 0.25) is 0 Å². The molecule has 1 heterocycles. The van der Waals surface area contributed by atoms with Crippen molar-refractivity contribution in [1.82, 2.24) is 19.8 Å². The lowest BCUT2D eigenvalue weighted by Gasteiger charge is -2.20. The zero-order valence-electron chi connectivity index (χ0n) is 11.3. The van der Waals surface area contributed by atoms with E-state index < -0.39 is 0 Å². The van der Waals surface area contributed by atoms with Crippen LogP contribution in [0.5, 0.6) is 0 Å². The van der Waals surface area contributed by atoms with Crippen molar-refractivity contribution in [2.75, 3.05) is 26.8 Å². The van der Waals surface area contributed by atoms with Crippen LogP contribution in [0, 0.1) is 0 Å². The minimum Gasteiger partial charge on any atom is -0.382 e. The van der Waals surface area contributed by atoms with Gasteiger partial charge in [0, 0.05) is 46.2 Å².